The number of aliphatic imine (C=N–C) groups is 1. The number of nitrogens with one attached hydrogen (secondary N) is 1. The highest BCUT2D eigenvalue weighted by Crippen LogP contribution is 2.20. The van der Waals surface area contributed by atoms with Crippen molar-refractivity contribution in [3.8, 4) is 0 Å². The van der Waals surface area contributed by atoms with E-state index in [0.717, 1.165) is 12.8 Å². The van der Waals surface area contributed by atoms with Crippen molar-refractivity contribution >= 4 is 23.3 Å². The van der Waals surface area contributed by atoms with Crippen molar-refractivity contribution in [2.24, 2.45) is 4.99 Å². The number of aromatic nitrogens is 3. The van der Waals surface area contributed by atoms with Crippen LogP contribution in [0.1, 0.15) is 50.8 Å². The maximum Gasteiger partial charge on any atom is 0.227 e. The predicted molar refractivity (Wildman–Crippen MR) is 96.4 cm³/mol. The lowest BCUT2D eigenvalue weighted by Crippen LogP contribution is -2.23. The van der Waals surface area contributed by atoms with Crippen LogP contribution in [0, 0.1) is 0 Å². The first-order chi connectivity index (χ1) is 11.2. The maximum atomic E-state index is 6.06. The van der Waals surface area contributed by atoms with Crippen molar-refractivity contribution in [1.29, 1.82) is 0 Å². The first-order valence-corrected chi connectivity index (χ1v) is 8.55. The van der Waals surface area contributed by atoms with Gasteiger partial charge in [-0.2, -0.15) is 15.0 Å². The van der Waals surface area contributed by atoms with E-state index < -0.39 is 0 Å². The topological polar surface area (TPSA) is 63.1 Å². The van der Waals surface area contributed by atoms with Gasteiger partial charge in [-0.25, -0.2) is 0 Å². The van der Waals surface area contributed by atoms with Crippen molar-refractivity contribution in [3.63, 3.8) is 0 Å². The molecule has 1 aromatic rings. The van der Waals surface area contributed by atoms with E-state index in [1.165, 1.54) is 32.1 Å². The molecule has 0 amide bonds. The second-order valence-corrected chi connectivity index (χ2v) is 5.98. The fraction of sp³-hybridized carbons (Fsp3) is 0.529. The van der Waals surface area contributed by atoms with Crippen LogP contribution in [0.15, 0.2) is 29.8 Å². The van der Waals surface area contributed by atoms with E-state index >= 15 is 0 Å². The molecule has 6 heteroatoms. The molecule has 5 nitrogen and oxygen atoms in total. The largest absolute Gasteiger partial charge is 0.351 e. The highest BCUT2D eigenvalue weighted by atomic mass is 35.5. The number of hydrogen-bond donors (Lipinski definition) is 1. The van der Waals surface area contributed by atoms with E-state index in [4.69, 9.17) is 11.6 Å². The van der Waals surface area contributed by atoms with Crippen LogP contribution < -0.4 is 5.32 Å². The molecule has 1 heterocycles. The van der Waals surface area contributed by atoms with Gasteiger partial charge in [0.1, 0.15) is 5.71 Å². The number of allylic oxidation sites excluding steroid dienone is 3. The van der Waals surface area contributed by atoms with E-state index in [-0.39, 0.29) is 5.28 Å². The fourth-order valence-corrected chi connectivity index (χ4v) is 2.88. The second kappa shape index (κ2) is 9.40. The second-order valence-electron chi connectivity index (χ2n) is 5.64. The molecule has 0 aliphatic heterocycles. The van der Waals surface area contributed by atoms with Gasteiger partial charge in [-0.1, -0.05) is 50.8 Å². The van der Waals surface area contributed by atoms with Crippen molar-refractivity contribution < 1.29 is 0 Å². The summed E-state index contributed by atoms with van der Waals surface area (Å²) in [4.78, 5) is 17.1. The summed E-state index contributed by atoms with van der Waals surface area (Å²) in [7, 11) is 1.70. The standard InChI is InChI=1S/C17H24ClN5/c1-3-4-12-14(19-2)15-21-16(18)23-17(22-15)20-13-10-8-6-5-7-9-11-13/h3-4,12-13H,1,5-11H2,2H3,(H,20,21,22,23)/b12-4-,19-14?. The minimum absolute atomic E-state index is 0.177. The number of anilines is 1. The smallest absolute Gasteiger partial charge is 0.227 e. The summed E-state index contributed by atoms with van der Waals surface area (Å²) in [6, 6.07) is 0.396. The molecule has 0 spiro atoms. The summed E-state index contributed by atoms with van der Waals surface area (Å²) in [5.41, 5.74) is 0.648. The van der Waals surface area contributed by atoms with Gasteiger partial charge in [-0.05, 0) is 30.5 Å². The van der Waals surface area contributed by atoms with Crippen LogP contribution >= 0.6 is 11.6 Å². The molecule has 1 fully saturated rings. The molecule has 1 saturated carbocycles. The van der Waals surface area contributed by atoms with E-state index in [2.05, 4.69) is 31.8 Å². The molecule has 1 aliphatic carbocycles. The predicted octanol–water partition coefficient (Wildman–Crippen LogP) is 4.21. The summed E-state index contributed by atoms with van der Waals surface area (Å²) in [6.07, 6.45) is 14.0. The van der Waals surface area contributed by atoms with Crippen LogP contribution in [0.4, 0.5) is 5.95 Å². The van der Waals surface area contributed by atoms with Crippen molar-refractivity contribution in [3.05, 3.63) is 35.9 Å². The van der Waals surface area contributed by atoms with Gasteiger partial charge in [0.05, 0.1) is 0 Å². The summed E-state index contributed by atoms with van der Waals surface area (Å²) >= 11 is 6.06. The van der Waals surface area contributed by atoms with Gasteiger partial charge in [-0.15, -0.1) is 0 Å². The Balaban J connectivity index is 2.15. The molecule has 23 heavy (non-hydrogen) atoms. The molecule has 2 rings (SSSR count). The Morgan fingerprint density at radius 1 is 1.17 bits per heavy atom. The number of hydrogen-bond acceptors (Lipinski definition) is 5. The molecule has 0 radical (unpaired) electrons. The van der Waals surface area contributed by atoms with Crippen molar-refractivity contribution in [1.82, 2.24) is 15.0 Å². The molecule has 0 saturated heterocycles. The van der Waals surface area contributed by atoms with Crippen molar-refractivity contribution in [2.45, 2.75) is 51.0 Å². The van der Waals surface area contributed by atoms with Crippen LogP contribution in [0.3, 0.4) is 0 Å². The third kappa shape index (κ3) is 5.75. The van der Waals surface area contributed by atoms with Crippen LogP contribution in [0.5, 0.6) is 0 Å². The zero-order valence-electron chi connectivity index (χ0n) is 13.6. The third-order valence-electron chi connectivity index (χ3n) is 3.91. The van der Waals surface area contributed by atoms with E-state index in [1.807, 2.05) is 0 Å². The molecule has 1 N–H and O–H groups in total. The zero-order valence-corrected chi connectivity index (χ0v) is 14.4. The highest BCUT2D eigenvalue weighted by Gasteiger charge is 2.14. The lowest BCUT2D eigenvalue weighted by atomic mass is 9.97. The molecule has 124 valence electrons. The Morgan fingerprint density at radius 2 is 1.87 bits per heavy atom. The number of nitrogens with zero attached hydrogens (tertiary/aromatic N) is 4. The Bertz CT molecular complexity index is 574. The molecule has 1 aliphatic rings. The molecular weight excluding hydrogens is 310 g/mol. The monoisotopic (exact) mass is 333 g/mol. The molecule has 0 aromatic carbocycles. The lowest BCUT2D eigenvalue weighted by molar-refractivity contribution is 0.469. The fourth-order valence-electron chi connectivity index (χ4n) is 2.72. The minimum Gasteiger partial charge on any atom is -0.351 e. The summed E-state index contributed by atoms with van der Waals surface area (Å²) in [5, 5.41) is 3.60. The van der Waals surface area contributed by atoms with E-state index in [0.29, 0.717) is 23.5 Å². The summed E-state index contributed by atoms with van der Waals surface area (Å²) < 4.78 is 0. The molecule has 1 aromatic heterocycles. The van der Waals surface area contributed by atoms with Crippen LogP contribution in [0.25, 0.3) is 0 Å². The Kier molecular flexibility index (Phi) is 7.20. The summed E-state index contributed by atoms with van der Waals surface area (Å²) in [6.45, 7) is 3.66. The Morgan fingerprint density at radius 3 is 2.52 bits per heavy atom. The van der Waals surface area contributed by atoms with Gasteiger partial charge >= 0.3 is 0 Å². The van der Waals surface area contributed by atoms with E-state index in [1.54, 1.807) is 25.3 Å². The number of halogens is 1. The molecular formula is C17H24ClN5. The SMILES string of the molecule is C=C/C=C\C(=NC)c1nc(Cl)nc(NC2CCCCCCC2)n1. The lowest BCUT2D eigenvalue weighted by Gasteiger charge is -2.21. The van der Waals surface area contributed by atoms with Gasteiger partial charge in [0.25, 0.3) is 0 Å². The minimum atomic E-state index is 0.177. The average Bonchev–Trinajstić information content (AvgIpc) is 2.50. The van der Waals surface area contributed by atoms with Gasteiger partial charge in [0.15, 0.2) is 5.82 Å². The highest BCUT2D eigenvalue weighted by molar-refractivity contribution is 6.28. The summed E-state index contributed by atoms with van der Waals surface area (Å²) in [5.74, 6) is 0.998. The van der Waals surface area contributed by atoms with Crippen LogP contribution in [0.2, 0.25) is 5.28 Å². The Hall–Kier alpha value is -1.75. The maximum absolute atomic E-state index is 6.06. The van der Waals surface area contributed by atoms with Gasteiger partial charge in [0, 0.05) is 13.1 Å². The molecule has 0 unspecified atom stereocenters. The normalized spacial score (nSPS) is 17.7. The van der Waals surface area contributed by atoms with E-state index in [9.17, 15) is 0 Å². The Labute approximate surface area is 143 Å². The van der Waals surface area contributed by atoms with Crippen LogP contribution in [-0.2, 0) is 0 Å². The van der Waals surface area contributed by atoms with Crippen LogP contribution in [-0.4, -0.2) is 33.8 Å². The van der Waals surface area contributed by atoms with Crippen molar-refractivity contribution in [2.75, 3.05) is 12.4 Å². The third-order valence-corrected chi connectivity index (χ3v) is 4.08. The average molecular weight is 334 g/mol. The molecule has 0 bridgehead atoms. The zero-order chi connectivity index (χ0) is 16.5. The van der Waals surface area contributed by atoms with Gasteiger partial charge in [0.2, 0.25) is 11.2 Å². The van der Waals surface area contributed by atoms with Gasteiger partial charge < -0.3 is 5.32 Å². The van der Waals surface area contributed by atoms with Gasteiger partial charge in [-0.3, -0.25) is 4.99 Å². The molecule has 0 atom stereocenters. The number of rotatable bonds is 5. The quantitative estimate of drug-likeness (QED) is 0.647. The first-order valence-electron chi connectivity index (χ1n) is 8.17. The first kappa shape index (κ1) is 17.6.